The van der Waals surface area contributed by atoms with Gasteiger partial charge in [-0.3, -0.25) is 14.7 Å². The minimum Gasteiger partial charge on any atom is -0.497 e. The Kier molecular flexibility index (Phi) is 5.84. The summed E-state index contributed by atoms with van der Waals surface area (Å²) in [7, 11) is 1.60. The number of aromatic nitrogens is 1. The van der Waals surface area contributed by atoms with E-state index >= 15 is 0 Å². The van der Waals surface area contributed by atoms with Gasteiger partial charge in [0.25, 0.3) is 5.91 Å². The van der Waals surface area contributed by atoms with Gasteiger partial charge < -0.3 is 15.4 Å². The highest BCUT2D eigenvalue weighted by Crippen LogP contribution is 2.31. The van der Waals surface area contributed by atoms with Gasteiger partial charge in [-0.1, -0.05) is 12.1 Å². The van der Waals surface area contributed by atoms with Gasteiger partial charge in [0.1, 0.15) is 5.75 Å². The van der Waals surface area contributed by atoms with Crippen LogP contribution in [0.2, 0.25) is 0 Å². The first-order valence-corrected chi connectivity index (χ1v) is 10.1. The number of nitrogens with zero attached hydrogens (tertiary/aromatic N) is 2. The molecule has 0 saturated heterocycles. The molecule has 3 amide bonds. The molecule has 0 radical (unpaired) electrons. The number of carbonyl (C=O) groups is 2. The largest absolute Gasteiger partial charge is 0.497 e. The van der Waals surface area contributed by atoms with Crippen molar-refractivity contribution < 1.29 is 14.3 Å². The van der Waals surface area contributed by atoms with Crippen LogP contribution < -0.4 is 20.3 Å². The highest BCUT2D eigenvalue weighted by Gasteiger charge is 2.28. The molecule has 0 fully saturated rings. The van der Waals surface area contributed by atoms with Gasteiger partial charge >= 0.3 is 6.03 Å². The predicted octanol–water partition coefficient (Wildman–Crippen LogP) is 4.18. The fourth-order valence-electron chi connectivity index (χ4n) is 3.70. The summed E-state index contributed by atoms with van der Waals surface area (Å²) < 4.78 is 5.15. The number of fused-ring (bicyclic) bond motifs is 1. The van der Waals surface area contributed by atoms with E-state index in [1.807, 2.05) is 31.2 Å². The lowest BCUT2D eigenvalue weighted by molar-refractivity contribution is 0.0938. The molecule has 158 valence electrons. The maximum absolute atomic E-state index is 12.9. The van der Waals surface area contributed by atoms with Crippen LogP contribution in [0.25, 0.3) is 0 Å². The summed E-state index contributed by atoms with van der Waals surface area (Å²) in [6, 6.07) is 17.8. The number of urea groups is 1. The molecule has 31 heavy (non-hydrogen) atoms. The van der Waals surface area contributed by atoms with E-state index < -0.39 is 0 Å². The first-order chi connectivity index (χ1) is 15.1. The molecule has 0 aliphatic carbocycles. The summed E-state index contributed by atoms with van der Waals surface area (Å²) in [4.78, 5) is 31.8. The highest BCUT2D eigenvalue weighted by molar-refractivity contribution is 6.05. The standard InChI is InChI=1S/C24H24N4O3/c1-16(21-7-3-4-14-25-21)26-23(29)20-6-5-8-22-19(20)13-15-28(22)24(30)27-17-9-11-18(31-2)12-10-17/h3-12,14,16H,13,15H2,1-2H3,(H,26,29)(H,27,30)/t16-/m0/s1. The second-order valence-corrected chi connectivity index (χ2v) is 7.31. The Labute approximate surface area is 181 Å². The molecular weight excluding hydrogens is 392 g/mol. The average molecular weight is 416 g/mol. The molecule has 3 aromatic rings. The molecule has 0 spiro atoms. The van der Waals surface area contributed by atoms with Crippen molar-refractivity contribution in [3.63, 3.8) is 0 Å². The molecule has 1 aromatic heterocycles. The number of nitrogens with one attached hydrogen (secondary N) is 2. The van der Waals surface area contributed by atoms with Gasteiger partial charge in [-0.25, -0.2) is 4.79 Å². The Hall–Kier alpha value is -3.87. The smallest absolute Gasteiger partial charge is 0.326 e. The maximum Gasteiger partial charge on any atom is 0.326 e. The number of benzene rings is 2. The molecule has 7 nitrogen and oxygen atoms in total. The lowest BCUT2D eigenvalue weighted by Gasteiger charge is -2.19. The topological polar surface area (TPSA) is 83.6 Å². The van der Waals surface area contributed by atoms with Gasteiger partial charge in [0.15, 0.2) is 0 Å². The predicted molar refractivity (Wildman–Crippen MR) is 120 cm³/mol. The van der Waals surface area contributed by atoms with Crippen LogP contribution in [0.3, 0.4) is 0 Å². The summed E-state index contributed by atoms with van der Waals surface area (Å²) in [5.74, 6) is 0.549. The minimum atomic E-state index is -0.233. The molecular formula is C24H24N4O3. The Morgan fingerprint density at radius 3 is 2.58 bits per heavy atom. The van der Waals surface area contributed by atoms with Crippen LogP contribution in [0, 0.1) is 0 Å². The van der Waals surface area contributed by atoms with Crippen molar-refractivity contribution in [2.24, 2.45) is 0 Å². The number of rotatable bonds is 5. The van der Waals surface area contributed by atoms with Gasteiger partial charge in [0.2, 0.25) is 0 Å². The number of pyridine rings is 1. The fourth-order valence-corrected chi connectivity index (χ4v) is 3.70. The first-order valence-electron chi connectivity index (χ1n) is 10.1. The van der Waals surface area contributed by atoms with E-state index in [0.717, 1.165) is 22.7 Å². The van der Waals surface area contributed by atoms with E-state index in [1.54, 1.807) is 54.6 Å². The lowest BCUT2D eigenvalue weighted by atomic mass is 10.0. The Bertz CT molecular complexity index is 1080. The van der Waals surface area contributed by atoms with Crippen molar-refractivity contribution in [1.29, 1.82) is 0 Å². The van der Waals surface area contributed by atoms with Crippen molar-refractivity contribution in [3.05, 3.63) is 83.7 Å². The quantitative estimate of drug-likeness (QED) is 0.654. The molecule has 2 aromatic carbocycles. The van der Waals surface area contributed by atoms with Gasteiger partial charge in [-0.05, 0) is 67.4 Å². The molecule has 2 heterocycles. The third kappa shape index (κ3) is 4.35. The van der Waals surface area contributed by atoms with Crippen LogP contribution in [0.15, 0.2) is 66.9 Å². The zero-order valence-electron chi connectivity index (χ0n) is 17.5. The van der Waals surface area contributed by atoms with E-state index in [9.17, 15) is 9.59 Å². The normalized spacial score (nSPS) is 13.3. The van der Waals surface area contributed by atoms with Gasteiger partial charge in [0, 0.05) is 29.7 Å². The average Bonchev–Trinajstić information content (AvgIpc) is 3.24. The van der Waals surface area contributed by atoms with E-state index in [1.165, 1.54) is 0 Å². The number of hydrogen-bond donors (Lipinski definition) is 2. The minimum absolute atomic E-state index is 0.174. The summed E-state index contributed by atoms with van der Waals surface area (Å²) in [5, 5.41) is 5.91. The van der Waals surface area contributed by atoms with E-state index in [-0.39, 0.29) is 18.0 Å². The summed E-state index contributed by atoms with van der Waals surface area (Å²) in [6.07, 6.45) is 2.32. The van der Waals surface area contributed by atoms with E-state index in [2.05, 4.69) is 15.6 Å². The highest BCUT2D eigenvalue weighted by atomic mass is 16.5. The van der Waals surface area contributed by atoms with E-state index in [0.29, 0.717) is 24.2 Å². The van der Waals surface area contributed by atoms with Gasteiger partial charge in [0.05, 0.1) is 18.8 Å². The molecule has 0 unspecified atom stereocenters. The third-order valence-electron chi connectivity index (χ3n) is 5.34. The number of methoxy groups -OCH3 is 1. The Morgan fingerprint density at radius 2 is 1.87 bits per heavy atom. The molecule has 1 aliphatic heterocycles. The second kappa shape index (κ2) is 8.87. The van der Waals surface area contributed by atoms with Crippen molar-refractivity contribution in [3.8, 4) is 5.75 Å². The number of carbonyl (C=O) groups excluding carboxylic acids is 2. The monoisotopic (exact) mass is 416 g/mol. The maximum atomic E-state index is 12.9. The number of anilines is 2. The molecule has 1 atom stereocenters. The fraction of sp³-hybridized carbons (Fsp3) is 0.208. The Balaban J connectivity index is 1.49. The zero-order chi connectivity index (χ0) is 21.8. The first kappa shape index (κ1) is 20.4. The molecule has 0 bridgehead atoms. The van der Waals surface area contributed by atoms with Gasteiger partial charge in [-0.15, -0.1) is 0 Å². The van der Waals surface area contributed by atoms with Crippen molar-refractivity contribution in [2.75, 3.05) is 23.9 Å². The van der Waals surface area contributed by atoms with Crippen LogP contribution in [-0.4, -0.2) is 30.6 Å². The molecule has 0 saturated carbocycles. The van der Waals surface area contributed by atoms with Crippen LogP contribution in [-0.2, 0) is 6.42 Å². The van der Waals surface area contributed by atoms with Crippen molar-refractivity contribution in [2.45, 2.75) is 19.4 Å². The lowest BCUT2D eigenvalue weighted by Crippen LogP contribution is -2.33. The van der Waals surface area contributed by atoms with Crippen molar-refractivity contribution in [1.82, 2.24) is 10.3 Å². The number of amides is 3. The van der Waals surface area contributed by atoms with Crippen LogP contribution in [0.5, 0.6) is 5.75 Å². The van der Waals surface area contributed by atoms with Crippen LogP contribution in [0.1, 0.15) is 34.6 Å². The van der Waals surface area contributed by atoms with Crippen LogP contribution in [0.4, 0.5) is 16.2 Å². The third-order valence-corrected chi connectivity index (χ3v) is 5.34. The SMILES string of the molecule is COc1ccc(NC(=O)N2CCc3c(C(=O)N[C@@H](C)c4ccccn4)cccc32)cc1. The van der Waals surface area contributed by atoms with E-state index in [4.69, 9.17) is 4.74 Å². The van der Waals surface area contributed by atoms with Crippen molar-refractivity contribution >= 4 is 23.3 Å². The summed E-state index contributed by atoms with van der Waals surface area (Å²) in [5.41, 5.74) is 3.68. The molecule has 1 aliphatic rings. The molecule has 2 N–H and O–H groups in total. The summed E-state index contributed by atoms with van der Waals surface area (Å²) in [6.45, 7) is 2.41. The number of ether oxygens (including phenoxy) is 1. The van der Waals surface area contributed by atoms with Gasteiger partial charge in [-0.2, -0.15) is 0 Å². The molecule has 4 rings (SSSR count). The van der Waals surface area contributed by atoms with Crippen LogP contribution >= 0.6 is 0 Å². The zero-order valence-corrected chi connectivity index (χ0v) is 17.5. The second-order valence-electron chi connectivity index (χ2n) is 7.31. The number of hydrogen-bond acceptors (Lipinski definition) is 4. The summed E-state index contributed by atoms with van der Waals surface area (Å²) >= 11 is 0. The molecule has 7 heteroatoms. The Morgan fingerprint density at radius 1 is 1.06 bits per heavy atom.